The second kappa shape index (κ2) is 10.1. The molecule has 0 saturated heterocycles. The SMILES string of the molecule is CCNC(=NCCCc1nnc2n1CCCCC2)NC(C)c1ccccc1. The van der Waals surface area contributed by atoms with Crippen LogP contribution in [0.1, 0.15) is 62.8 Å². The molecular formula is C21H32N6. The van der Waals surface area contributed by atoms with E-state index in [9.17, 15) is 0 Å². The Morgan fingerprint density at radius 1 is 1.19 bits per heavy atom. The average molecular weight is 369 g/mol. The molecule has 2 N–H and O–H groups in total. The Morgan fingerprint density at radius 3 is 2.85 bits per heavy atom. The van der Waals surface area contributed by atoms with Crippen LogP contribution in [0.2, 0.25) is 0 Å². The van der Waals surface area contributed by atoms with E-state index in [-0.39, 0.29) is 6.04 Å². The van der Waals surface area contributed by atoms with Crippen molar-refractivity contribution in [3.8, 4) is 0 Å². The van der Waals surface area contributed by atoms with Gasteiger partial charge in [0.1, 0.15) is 11.6 Å². The fraction of sp³-hybridized carbons (Fsp3) is 0.571. The zero-order chi connectivity index (χ0) is 18.9. The Kier molecular flexibility index (Phi) is 7.25. The van der Waals surface area contributed by atoms with Crippen LogP contribution in [0, 0.1) is 0 Å². The number of hydrogen-bond acceptors (Lipinski definition) is 3. The summed E-state index contributed by atoms with van der Waals surface area (Å²) >= 11 is 0. The molecule has 6 heteroatoms. The third-order valence-corrected chi connectivity index (χ3v) is 5.01. The third kappa shape index (κ3) is 5.55. The number of aliphatic imine (C=N–C) groups is 1. The predicted octanol–water partition coefficient (Wildman–Crippen LogP) is 3.25. The van der Waals surface area contributed by atoms with Gasteiger partial charge in [-0.25, -0.2) is 0 Å². The van der Waals surface area contributed by atoms with E-state index < -0.39 is 0 Å². The fourth-order valence-electron chi connectivity index (χ4n) is 3.51. The molecule has 0 radical (unpaired) electrons. The summed E-state index contributed by atoms with van der Waals surface area (Å²) in [5.41, 5.74) is 1.26. The Labute approximate surface area is 162 Å². The largest absolute Gasteiger partial charge is 0.357 e. The van der Waals surface area contributed by atoms with Crippen LogP contribution in [-0.4, -0.2) is 33.8 Å². The van der Waals surface area contributed by atoms with Gasteiger partial charge >= 0.3 is 0 Å². The molecule has 1 aromatic heterocycles. The van der Waals surface area contributed by atoms with Crippen LogP contribution in [0.3, 0.4) is 0 Å². The third-order valence-electron chi connectivity index (χ3n) is 5.01. The molecule has 6 nitrogen and oxygen atoms in total. The van der Waals surface area contributed by atoms with Crippen molar-refractivity contribution in [2.45, 2.75) is 65.0 Å². The van der Waals surface area contributed by atoms with Crippen molar-refractivity contribution in [2.24, 2.45) is 4.99 Å². The fourth-order valence-corrected chi connectivity index (χ4v) is 3.51. The first-order chi connectivity index (χ1) is 13.3. The summed E-state index contributed by atoms with van der Waals surface area (Å²) in [7, 11) is 0. The van der Waals surface area contributed by atoms with Crippen LogP contribution >= 0.6 is 0 Å². The van der Waals surface area contributed by atoms with E-state index in [2.05, 4.69) is 63.5 Å². The van der Waals surface area contributed by atoms with Gasteiger partial charge in [0.05, 0.1) is 6.04 Å². The van der Waals surface area contributed by atoms with E-state index in [1.807, 2.05) is 6.07 Å². The highest BCUT2D eigenvalue weighted by molar-refractivity contribution is 5.80. The summed E-state index contributed by atoms with van der Waals surface area (Å²) in [6.45, 7) is 6.95. The lowest BCUT2D eigenvalue weighted by atomic mass is 10.1. The molecule has 0 saturated carbocycles. The van der Waals surface area contributed by atoms with Gasteiger partial charge in [-0.05, 0) is 38.7 Å². The van der Waals surface area contributed by atoms with Gasteiger partial charge in [-0.1, -0.05) is 36.8 Å². The van der Waals surface area contributed by atoms with Crippen molar-refractivity contribution in [2.75, 3.05) is 13.1 Å². The van der Waals surface area contributed by atoms with Gasteiger partial charge in [0, 0.05) is 32.5 Å². The van der Waals surface area contributed by atoms with Gasteiger partial charge in [-0.15, -0.1) is 10.2 Å². The smallest absolute Gasteiger partial charge is 0.191 e. The molecule has 1 aromatic carbocycles. The van der Waals surface area contributed by atoms with E-state index in [1.54, 1.807) is 0 Å². The van der Waals surface area contributed by atoms with Crippen molar-refractivity contribution in [1.29, 1.82) is 0 Å². The monoisotopic (exact) mass is 368 g/mol. The number of aromatic nitrogens is 3. The summed E-state index contributed by atoms with van der Waals surface area (Å²) in [6, 6.07) is 10.7. The average Bonchev–Trinajstić information content (AvgIpc) is 2.92. The van der Waals surface area contributed by atoms with Gasteiger partial charge in [0.15, 0.2) is 5.96 Å². The molecule has 0 fully saturated rings. The van der Waals surface area contributed by atoms with Crippen LogP contribution in [0.4, 0.5) is 0 Å². The maximum atomic E-state index is 4.75. The number of benzene rings is 1. The maximum absolute atomic E-state index is 4.75. The molecule has 2 heterocycles. The normalized spacial score (nSPS) is 15.7. The quantitative estimate of drug-likeness (QED) is 0.447. The molecule has 1 aliphatic rings. The first-order valence-electron chi connectivity index (χ1n) is 10.3. The molecule has 0 bridgehead atoms. The standard InChI is InChI=1S/C21H32N6/c1-3-22-21(24-17(2)18-11-6-4-7-12-18)23-15-10-14-20-26-25-19-13-8-5-9-16-27(19)20/h4,6-7,11-12,17H,3,5,8-10,13-16H2,1-2H3,(H2,22,23,24). The lowest BCUT2D eigenvalue weighted by Crippen LogP contribution is -2.38. The lowest BCUT2D eigenvalue weighted by molar-refractivity contribution is 0.597. The molecular weight excluding hydrogens is 336 g/mol. The first-order valence-corrected chi connectivity index (χ1v) is 10.3. The molecule has 27 heavy (non-hydrogen) atoms. The van der Waals surface area contributed by atoms with Crippen molar-refractivity contribution in [3.05, 3.63) is 47.5 Å². The number of fused-ring (bicyclic) bond motifs is 1. The summed E-state index contributed by atoms with van der Waals surface area (Å²) in [5, 5.41) is 15.6. The number of rotatable bonds is 7. The molecule has 1 atom stereocenters. The summed E-state index contributed by atoms with van der Waals surface area (Å²) in [5.74, 6) is 3.16. The van der Waals surface area contributed by atoms with E-state index in [4.69, 9.17) is 4.99 Å². The minimum Gasteiger partial charge on any atom is -0.357 e. The van der Waals surface area contributed by atoms with Crippen LogP contribution in [-0.2, 0) is 19.4 Å². The van der Waals surface area contributed by atoms with Crippen LogP contribution in [0.25, 0.3) is 0 Å². The number of aryl methyl sites for hydroxylation is 2. The van der Waals surface area contributed by atoms with Crippen molar-refractivity contribution in [3.63, 3.8) is 0 Å². The van der Waals surface area contributed by atoms with Gasteiger partial charge in [0.25, 0.3) is 0 Å². The van der Waals surface area contributed by atoms with Gasteiger partial charge in [0.2, 0.25) is 0 Å². The second-order valence-electron chi connectivity index (χ2n) is 7.14. The van der Waals surface area contributed by atoms with E-state index in [0.29, 0.717) is 0 Å². The van der Waals surface area contributed by atoms with Crippen molar-refractivity contribution >= 4 is 5.96 Å². The molecule has 1 aliphatic heterocycles. The second-order valence-corrected chi connectivity index (χ2v) is 7.14. The topological polar surface area (TPSA) is 67.1 Å². The van der Waals surface area contributed by atoms with Gasteiger partial charge in [-0.3, -0.25) is 4.99 Å². The molecule has 3 rings (SSSR count). The van der Waals surface area contributed by atoms with E-state index >= 15 is 0 Å². The van der Waals surface area contributed by atoms with Crippen LogP contribution in [0.5, 0.6) is 0 Å². The Morgan fingerprint density at radius 2 is 2.04 bits per heavy atom. The molecule has 0 amide bonds. The van der Waals surface area contributed by atoms with Crippen LogP contribution < -0.4 is 10.6 Å². The van der Waals surface area contributed by atoms with Crippen molar-refractivity contribution < 1.29 is 0 Å². The highest BCUT2D eigenvalue weighted by Crippen LogP contribution is 2.15. The Balaban J connectivity index is 1.52. The summed E-state index contributed by atoms with van der Waals surface area (Å²) in [4.78, 5) is 4.75. The number of nitrogens with one attached hydrogen (secondary N) is 2. The lowest BCUT2D eigenvalue weighted by Gasteiger charge is -2.18. The zero-order valence-electron chi connectivity index (χ0n) is 16.6. The number of nitrogens with zero attached hydrogens (tertiary/aromatic N) is 4. The molecule has 1 unspecified atom stereocenters. The van der Waals surface area contributed by atoms with Gasteiger partial charge < -0.3 is 15.2 Å². The van der Waals surface area contributed by atoms with Crippen molar-refractivity contribution in [1.82, 2.24) is 25.4 Å². The first kappa shape index (κ1) is 19.4. The van der Waals surface area contributed by atoms with E-state index in [1.165, 1.54) is 24.8 Å². The Hall–Kier alpha value is -2.37. The molecule has 0 aliphatic carbocycles. The molecule has 2 aromatic rings. The van der Waals surface area contributed by atoms with E-state index in [0.717, 1.165) is 56.5 Å². The maximum Gasteiger partial charge on any atom is 0.191 e. The minimum atomic E-state index is 0.219. The molecule has 146 valence electrons. The highest BCUT2D eigenvalue weighted by atomic mass is 15.3. The predicted molar refractivity (Wildman–Crippen MR) is 110 cm³/mol. The summed E-state index contributed by atoms with van der Waals surface area (Å²) in [6.07, 6.45) is 6.75. The summed E-state index contributed by atoms with van der Waals surface area (Å²) < 4.78 is 2.33. The number of hydrogen-bond donors (Lipinski definition) is 2. The Bertz CT molecular complexity index is 722. The molecule has 0 spiro atoms. The zero-order valence-corrected chi connectivity index (χ0v) is 16.6. The minimum absolute atomic E-state index is 0.219. The highest BCUT2D eigenvalue weighted by Gasteiger charge is 2.14. The van der Waals surface area contributed by atoms with Gasteiger partial charge in [-0.2, -0.15) is 0 Å². The van der Waals surface area contributed by atoms with Crippen LogP contribution in [0.15, 0.2) is 35.3 Å². The number of guanidine groups is 1.